The van der Waals surface area contributed by atoms with E-state index in [0.29, 0.717) is 24.7 Å². The number of aryl methyl sites for hydroxylation is 2. The lowest BCUT2D eigenvalue weighted by atomic mass is 10.1. The first-order valence-electron chi connectivity index (χ1n) is 8.65. The van der Waals surface area contributed by atoms with Crippen LogP contribution in [-0.4, -0.2) is 35.1 Å². The molecule has 0 radical (unpaired) electrons. The minimum Gasteiger partial charge on any atom is -0.376 e. The average Bonchev–Trinajstić information content (AvgIpc) is 3.12. The smallest absolute Gasteiger partial charge is 0.270 e. The third-order valence-electron chi connectivity index (χ3n) is 4.30. The molecule has 25 heavy (non-hydrogen) atoms. The fraction of sp³-hybridized carbons (Fsp3) is 0.421. The van der Waals surface area contributed by atoms with Gasteiger partial charge in [-0.15, -0.1) is 0 Å². The van der Waals surface area contributed by atoms with Gasteiger partial charge in [0.2, 0.25) is 5.95 Å². The van der Waals surface area contributed by atoms with Crippen molar-refractivity contribution in [1.82, 2.24) is 15.3 Å². The van der Waals surface area contributed by atoms with E-state index >= 15 is 0 Å². The zero-order valence-corrected chi connectivity index (χ0v) is 14.7. The number of ether oxygens (including phenoxy) is 1. The van der Waals surface area contributed by atoms with E-state index < -0.39 is 0 Å². The summed E-state index contributed by atoms with van der Waals surface area (Å²) in [6, 6.07) is 9.69. The number of rotatable bonds is 6. The Morgan fingerprint density at radius 3 is 2.88 bits per heavy atom. The predicted octanol–water partition coefficient (Wildman–Crippen LogP) is 2.61. The molecule has 1 aromatic carbocycles. The number of carbonyl (C=O) groups is 1. The van der Waals surface area contributed by atoms with Gasteiger partial charge in [-0.2, -0.15) is 0 Å². The summed E-state index contributed by atoms with van der Waals surface area (Å²) in [5.74, 6) is 0.269. The molecule has 6 heteroatoms. The Morgan fingerprint density at radius 2 is 2.12 bits per heavy atom. The number of aromatic nitrogens is 2. The zero-order chi connectivity index (χ0) is 17.6. The van der Waals surface area contributed by atoms with Crippen LogP contribution in [0.25, 0.3) is 0 Å². The molecule has 0 aliphatic carbocycles. The van der Waals surface area contributed by atoms with Crippen LogP contribution in [0.2, 0.25) is 0 Å². The minimum absolute atomic E-state index is 0.197. The molecule has 2 N–H and O–H groups in total. The van der Waals surface area contributed by atoms with Crippen molar-refractivity contribution in [3.8, 4) is 0 Å². The van der Waals surface area contributed by atoms with Crippen LogP contribution >= 0.6 is 0 Å². The number of carbonyl (C=O) groups excluding carboxylic acids is 1. The summed E-state index contributed by atoms with van der Waals surface area (Å²) in [5.41, 5.74) is 3.38. The SMILES string of the molecule is Cc1cc(C(=O)NCc2ccccc2C)nc(NCC2CCCO2)n1. The van der Waals surface area contributed by atoms with Gasteiger partial charge in [0.05, 0.1) is 6.10 Å². The maximum atomic E-state index is 12.4. The summed E-state index contributed by atoms with van der Waals surface area (Å²) in [4.78, 5) is 21.1. The van der Waals surface area contributed by atoms with Crippen LogP contribution in [0.3, 0.4) is 0 Å². The van der Waals surface area contributed by atoms with Crippen molar-refractivity contribution >= 4 is 11.9 Å². The van der Waals surface area contributed by atoms with Crippen LogP contribution in [0, 0.1) is 13.8 Å². The highest BCUT2D eigenvalue weighted by Crippen LogP contribution is 2.13. The maximum Gasteiger partial charge on any atom is 0.270 e. The van der Waals surface area contributed by atoms with Crippen LogP contribution < -0.4 is 10.6 Å². The molecule has 1 atom stereocenters. The Labute approximate surface area is 148 Å². The number of nitrogens with zero attached hydrogens (tertiary/aromatic N) is 2. The van der Waals surface area contributed by atoms with Crippen molar-refractivity contribution in [3.63, 3.8) is 0 Å². The molecular weight excluding hydrogens is 316 g/mol. The summed E-state index contributed by atoms with van der Waals surface area (Å²) < 4.78 is 5.58. The standard InChI is InChI=1S/C19H24N4O2/c1-13-6-3-4-7-15(13)11-20-18(24)17-10-14(2)22-19(23-17)21-12-16-8-5-9-25-16/h3-4,6-7,10,16H,5,8-9,11-12H2,1-2H3,(H,20,24)(H,21,22,23). The Hall–Kier alpha value is -2.47. The predicted molar refractivity (Wildman–Crippen MR) is 96.6 cm³/mol. The highest BCUT2D eigenvalue weighted by atomic mass is 16.5. The van der Waals surface area contributed by atoms with E-state index in [1.165, 1.54) is 0 Å². The van der Waals surface area contributed by atoms with E-state index in [2.05, 4.69) is 20.6 Å². The third kappa shape index (κ3) is 4.76. The van der Waals surface area contributed by atoms with Crippen LogP contribution in [0.4, 0.5) is 5.95 Å². The molecule has 1 aliphatic rings. The van der Waals surface area contributed by atoms with Gasteiger partial charge in [-0.05, 0) is 43.9 Å². The van der Waals surface area contributed by atoms with Crippen molar-refractivity contribution in [3.05, 3.63) is 52.8 Å². The van der Waals surface area contributed by atoms with Crippen molar-refractivity contribution in [1.29, 1.82) is 0 Å². The normalized spacial score (nSPS) is 16.6. The zero-order valence-electron chi connectivity index (χ0n) is 14.7. The van der Waals surface area contributed by atoms with Crippen molar-refractivity contribution in [2.24, 2.45) is 0 Å². The molecule has 1 amide bonds. The highest BCUT2D eigenvalue weighted by Gasteiger charge is 2.16. The lowest BCUT2D eigenvalue weighted by Crippen LogP contribution is -2.25. The molecule has 0 saturated carbocycles. The van der Waals surface area contributed by atoms with Gasteiger partial charge in [-0.25, -0.2) is 9.97 Å². The number of nitrogens with one attached hydrogen (secondary N) is 2. The molecule has 0 spiro atoms. The fourth-order valence-corrected chi connectivity index (χ4v) is 2.85. The van der Waals surface area contributed by atoms with E-state index in [4.69, 9.17) is 4.74 Å². The lowest BCUT2D eigenvalue weighted by molar-refractivity contribution is 0.0945. The molecule has 6 nitrogen and oxygen atoms in total. The lowest BCUT2D eigenvalue weighted by Gasteiger charge is -2.12. The van der Waals surface area contributed by atoms with Gasteiger partial charge < -0.3 is 15.4 Å². The van der Waals surface area contributed by atoms with Crippen molar-refractivity contribution in [2.75, 3.05) is 18.5 Å². The van der Waals surface area contributed by atoms with E-state index in [9.17, 15) is 4.79 Å². The number of amides is 1. The summed E-state index contributed by atoms with van der Waals surface area (Å²) in [6.45, 7) is 5.84. The average molecular weight is 340 g/mol. The first-order valence-corrected chi connectivity index (χ1v) is 8.65. The van der Waals surface area contributed by atoms with Gasteiger partial charge in [0.1, 0.15) is 5.69 Å². The van der Waals surface area contributed by atoms with Crippen molar-refractivity contribution in [2.45, 2.75) is 39.3 Å². The molecule has 1 unspecified atom stereocenters. The third-order valence-corrected chi connectivity index (χ3v) is 4.30. The molecule has 3 rings (SSSR count). The Morgan fingerprint density at radius 1 is 1.28 bits per heavy atom. The fourth-order valence-electron chi connectivity index (χ4n) is 2.85. The molecule has 1 aromatic heterocycles. The van der Waals surface area contributed by atoms with E-state index in [0.717, 1.165) is 36.3 Å². The largest absolute Gasteiger partial charge is 0.376 e. The van der Waals surface area contributed by atoms with Crippen molar-refractivity contribution < 1.29 is 9.53 Å². The minimum atomic E-state index is -0.200. The van der Waals surface area contributed by atoms with E-state index in [1.807, 2.05) is 38.1 Å². The summed E-state index contributed by atoms with van der Waals surface area (Å²) in [5, 5.41) is 6.10. The monoisotopic (exact) mass is 340 g/mol. The van der Waals surface area contributed by atoms with E-state index in [1.54, 1.807) is 6.07 Å². The second kappa shape index (κ2) is 8.07. The quantitative estimate of drug-likeness (QED) is 0.845. The van der Waals surface area contributed by atoms with Crippen LogP contribution in [-0.2, 0) is 11.3 Å². The van der Waals surface area contributed by atoms with Crippen LogP contribution in [0.5, 0.6) is 0 Å². The van der Waals surface area contributed by atoms with Gasteiger partial charge in [0, 0.05) is 25.4 Å². The molecule has 2 aromatic rings. The summed E-state index contributed by atoms with van der Waals surface area (Å²) in [6.07, 6.45) is 2.33. The molecular formula is C19H24N4O2. The Balaban J connectivity index is 1.62. The Bertz CT molecular complexity index is 742. The summed E-state index contributed by atoms with van der Waals surface area (Å²) in [7, 11) is 0. The molecule has 1 aliphatic heterocycles. The maximum absolute atomic E-state index is 12.4. The van der Waals surface area contributed by atoms with Gasteiger partial charge >= 0.3 is 0 Å². The molecule has 2 heterocycles. The van der Waals surface area contributed by atoms with Crippen LogP contribution in [0.1, 0.15) is 40.2 Å². The van der Waals surface area contributed by atoms with E-state index in [-0.39, 0.29) is 12.0 Å². The van der Waals surface area contributed by atoms with Gasteiger partial charge in [-0.1, -0.05) is 24.3 Å². The van der Waals surface area contributed by atoms with Crippen LogP contribution in [0.15, 0.2) is 30.3 Å². The number of benzene rings is 1. The second-order valence-electron chi connectivity index (χ2n) is 6.34. The first-order chi connectivity index (χ1) is 12.1. The molecule has 1 saturated heterocycles. The topological polar surface area (TPSA) is 76.1 Å². The Kier molecular flexibility index (Phi) is 5.60. The first kappa shape index (κ1) is 17.4. The molecule has 132 valence electrons. The summed E-state index contributed by atoms with van der Waals surface area (Å²) >= 11 is 0. The number of hydrogen-bond acceptors (Lipinski definition) is 5. The number of anilines is 1. The molecule has 0 bridgehead atoms. The van der Waals surface area contributed by atoms with Gasteiger partial charge in [-0.3, -0.25) is 4.79 Å². The van der Waals surface area contributed by atoms with Gasteiger partial charge in [0.25, 0.3) is 5.91 Å². The molecule has 1 fully saturated rings. The highest BCUT2D eigenvalue weighted by molar-refractivity contribution is 5.92. The second-order valence-corrected chi connectivity index (χ2v) is 6.34. The number of hydrogen-bond donors (Lipinski definition) is 2. The van der Waals surface area contributed by atoms with Gasteiger partial charge in [0.15, 0.2) is 0 Å².